The van der Waals surface area contributed by atoms with Gasteiger partial charge in [0.2, 0.25) is 0 Å². The van der Waals surface area contributed by atoms with Crippen LogP contribution in [0.4, 0.5) is 0 Å². The van der Waals surface area contributed by atoms with E-state index in [1.807, 2.05) is 25.2 Å². The Kier molecular flexibility index (Phi) is 74.2. The molecule has 0 spiro atoms. The molecular formula is C44H67ClO3. The van der Waals surface area contributed by atoms with E-state index >= 15 is 0 Å². The molecule has 0 saturated heterocycles. The minimum absolute atomic E-state index is 0.169. The second-order valence-electron chi connectivity index (χ2n) is 9.43. The summed E-state index contributed by atoms with van der Waals surface area (Å²) in [6, 6.07) is 0. The molecule has 0 aromatic heterocycles. The zero-order chi connectivity index (χ0) is 36.9. The third kappa shape index (κ3) is 84.1. The molecule has 0 aliphatic rings. The molecule has 0 aliphatic heterocycles. The highest BCUT2D eigenvalue weighted by Gasteiger charge is 1.77. The Balaban J connectivity index is -0.000000166. The number of aldehydes is 1. The quantitative estimate of drug-likeness (QED) is 0.0256. The van der Waals surface area contributed by atoms with E-state index in [-0.39, 0.29) is 13.2 Å². The fourth-order valence-corrected chi connectivity index (χ4v) is 2.72. The van der Waals surface area contributed by atoms with Gasteiger partial charge in [-0.2, -0.15) is 0 Å². The number of terminal acetylenes is 2. The summed E-state index contributed by atoms with van der Waals surface area (Å²) >= 11 is 5.28. The molecule has 0 aromatic rings. The number of hydrogen-bond acceptors (Lipinski definition) is 3. The molecule has 4 heteroatoms. The predicted molar refractivity (Wildman–Crippen MR) is 217 cm³/mol. The highest BCUT2D eigenvalue weighted by atomic mass is 35.5. The maximum absolute atomic E-state index is 9.48. The number of unbranched alkanes of at least 4 members (excludes halogenated alkanes) is 4. The molecule has 0 heterocycles. The van der Waals surface area contributed by atoms with Gasteiger partial charge in [-0.05, 0) is 70.3 Å². The van der Waals surface area contributed by atoms with Gasteiger partial charge >= 0.3 is 0 Å². The van der Waals surface area contributed by atoms with E-state index in [1.54, 1.807) is 0 Å². The summed E-state index contributed by atoms with van der Waals surface area (Å²) in [5.41, 5.74) is 0. The summed E-state index contributed by atoms with van der Waals surface area (Å²) in [6.07, 6.45) is 56.5. The molecule has 0 saturated carbocycles. The normalized spacial score (nSPS) is 10.6. The second-order valence-corrected chi connectivity index (χ2v) is 9.81. The molecule has 0 aliphatic carbocycles. The molecule has 0 atom stereocenters. The van der Waals surface area contributed by atoms with Gasteiger partial charge in [0.15, 0.2) is 0 Å². The third-order valence-electron chi connectivity index (χ3n) is 4.98. The number of carbonyl (C=O) groups excluding carboxylic acids is 1. The van der Waals surface area contributed by atoms with Crippen molar-refractivity contribution in [3.05, 3.63) is 97.2 Å². The average Bonchev–Trinajstić information content (AvgIpc) is 3.11. The minimum atomic E-state index is 0.169. The van der Waals surface area contributed by atoms with Crippen LogP contribution < -0.4 is 0 Å². The van der Waals surface area contributed by atoms with Crippen LogP contribution in [0, 0.1) is 36.5 Å². The summed E-state index contributed by atoms with van der Waals surface area (Å²) in [6.45, 7) is 8.77. The van der Waals surface area contributed by atoms with E-state index in [4.69, 9.17) is 34.7 Å². The van der Waals surface area contributed by atoms with Crippen molar-refractivity contribution < 1.29 is 15.0 Å². The lowest BCUT2D eigenvalue weighted by Crippen LogP contribution is -1.75. The summed E-state index contributed by atoms with van der Waals surface area (Å²) in [4.78, 5) is 9.48. The smallest absolute Gasteiger partial charge is 0.142 e. The predicted octanol–water partition coefficient (Wildman–Crippen LogP) is 11.6. The highest BCUT2D eigenvalue weighted by Crippen LogP contribution is 1.95. The Morgan fingerprint density at radius 1 is 0.500 bits per heavy atom. The van der Waals surface area contributed by atoms with Gasteiger partial charge in [0, 0.05) is 38.2 Å². The van der Waals surface area contributed by atoms with Crippen molar-refractivity contribution in [2.75, 3.05) is 19.1 Å². The largest absolute Gasteiger partial charge is 0.396 e. The van der Waals surface area contributed by atoms with Crippen LogP contribution in [0.15, 0.2) is 97.2 Å². The van der Waals surface area contributed by atoms with Crippen LogP contribution in [0.2, 0.25) is 0 Å². The fourth-order valence-electron chi connectivity index (χ4n) is 2.59. The molecule has 0 radical (unpaired) electrons. The van der Waals surface area contributed by atoms with Crippen molar-refractivity contribution in [3.63, 3.8) is 0 Å². The molecule has 0 bridgehead atoms. The van der Waals surface area contributed by atoms with Gasteiger partial charge in [0.05, 0.1) is 6.61 Å². The maximum atomic E-state index is 9.48. The molecule has 0 fully saturated rings. The first-order valence-electron chi connectivity index (χ1n) is 17.4. The summed E-state index contributed by atoms with van der Waals surface area (Å²) in [7, 11) is 0. The zero-order valence-corrected chi connectivity index (χ0v) is 31.4. The SMILES string of the molecule is C#CCC/C=C\C=C\CC.C#CCCCCl.CC/C=C/C=C\CC/C=C\CCO.CC/C=C/C=C\CCC#CCCO.CC/C=C/C=O. The van der Waals surface area contributed by atoms with Gasteiger partial charge in [0.1, 0.15) is 6.29 Å². The number of hydrogen-bond donors (Lipinski definition) is 2. The summed E-state index contributed by atoms with van der Waals surface area (Å²) in [5, 5.41) is 16.9. The van der Waals surface area contributed by atoms with Crippen molar-refractivity contribution in [2.45, 2.75) is 118 Å². The van der Waals surface area contributed by atoms with E-state index in [0.717, 1.165) is 89.8 Å². The van der Waals surface area contributed by atoms with E-state index in [1.165, 1.54) is 6.08 Å². The van der Waals surface area contributed by atoms with Crippen LogP contribution in [-0.4, -0.2) is 35.6 Å². The van der Waals surface area contributed by atoms with Gasteiger partial charge in [-0.15, -0.1) is 48.1 Å². The Morgan fingerprint density at radius 2 is 0.917 bits per heavy atom. The van der Waals surface area contributed by atoms with E-state index in [0.29, 0.717) is 12.3 Å². The van der Waals surface area contributed by atoms with Crippen LogP contribution in [0.5, 0.6) is 0 Å². The lowest BCUT2D eigenvalue weighted by molar-refractivity contribution is -0.104. The van der Waals surface area contributed by atoms with Crippen molar-refractivity contribution in [1.29, 1.82) is 0 Å². The number of aliphatic hydroxyl groups excluding tert-OH is 2. The molecule has 48 heavy (non-hydrogen) atoms. The number of halogens is 1. The Morgan fingerprint density at radius 3 is 1.31 bits per heavy atom. The fraction of sp³-hybridized carbons (Fsp3) is 0.477. The van der Waals surface area contributed by atoms with Gasteiger partial charge in [-0.1, -0.05) is 119 Å². The second kappa shape index (κ2) is 66.0. The lowest BCUT2D eigenvalue weighted by atomic mass is 10.2. The van der Waals surface area contributed by atoms with Crippen molar-refractivity contribution in [3.8, 4) is 36.5 Å². The van der Waals surface area contributed by atoms with Gasteiger partial charge in [-0.25, -0.2) is 0 Å². The number of alkyl halides is 1. The summed E-state index contributed by atoms with van der Waals surface area (Å²) in [5.74, 6) is 11.6. The first-order valence-corrected chi connectivity index (χ1v) is 17.9. The Hall–Kier alpha value is -3.52. The molecule has 3 nitrogen and oxygen atoms in total. The Bertz CT molecular complexity index is 983. The minimum Gasteiger partial charge on any atom is -0.396 e. The first kappa shape index (κ1) is 53.9. The van der Waals surface area contributed by atoms with E-state index < -0.39 is 0 Å². The van der Waals surface area contributed by atoms with Crippen LogP contribution >= 0.6 is 11.6 Å². The number of aliphatic hydroxyl groups is 2. The average molecular weight is 679 g/mol. The highest BCUT2D eigenvalue weighted by molar-refractivity contribution is 6.17. The Labute approximate surface area is 302 Å². The molecular weight excluding hydrogens is 612 g/mol. The van der Waals surface area contributed by atoms with Gasteiger partial charge in [0.25, 0.3) is 0 Å². The van der Waals surface area contributed by atoms with Crippen molar-refractivity contribution in [2.24, 2.45) is 0 Å². The molecule has 268 valence electrons. The number of allylic oxidation sites excluding steroid dienone is 15. The summed E-state index contributed by atoms with van der Waals surface area (Å²) < 4.78 is 0. The topological polar surface area (TPSA) is 57.5 Å². The molecule has 0 unspecified atom stereocenters. The number of rotatable bonds is 20. The first-order chi connectivity index (χ1) is 23.6. The molecule has 0 rings (SSSR count). The third-order valence-corrected chi connectivity index (χ3v) is 5.24. The maximum Gasteiger partial charge on any atom is 0.142 e. The van der Waals surface area contributed by atoms with Crippen LogP contribution in [0.1, 0.15) is 118 Å². The zero-order valence-electron chi connectivity index (χ0n) is 30.7. The van der Waals surface area contributed by atoms with Crippen LogP contribution in [0.3, 0.4) is 0 Å². The number of carbonyl (C=O) groups is 1. The van der Waals surface area contributed by atoms with Gasteiger partial charge in [-0.3, -0.25) is 4.79 Å². The standard InChI is InChI=1S/C12H20O.C12H18O.C10H14.C5H7Cl.C5H8O/c2*1-2-3-4-5-6-7-8-9-10-11-12-13;1-3-5-7-9-10-8-6-4-2;2*1-2-3-4-5-6/h3-6,9-10,13H,2,7-8,11-12H2,1H3;3-6,13H,2,7-8,11-12H2,1H3;1,6,8-10H,4-5,7H2,2H3;1H,3-5H2;3-5H,2H2,1H3/b4-3+,6-5-,10-9-;4-3+,6-5-;8-6+,10-9-;;4-3+. The van der Waals surface area contributed by atoms with Crippen molar-refractivity contribution in [1.82, 2.24) is 0 Å². The molecule has 0 aromatic carbocycles. The van der Waals surface area contributed by atoms with Crippen LogP contribution in [0.25, 0.3) is 0 Å². The van der Waals surface area contributed by atoms with Crippen LogP contribution in [-0.2, 0) is 4.79 Å². The van der Waals surface area contributed by atoms with Crippen molar-refractivity contribution >= 4 is 17.9 Å². The van der Waals surface area contributed by atoms with E-state index in [2.05, 4.69) is 117 Å². The van der Waals surface area contributed by atoms with Gasteiger partial charge < -0.3 is 10.2 Å². The monoisotopic (exact) mass is 678 g/mol. The lowest BCUT2D eigenvalue weighted by Gasteiger charge is -1.86. The molecule has 2 N–H and O–H groups in total. The van der Waals surface area contributed by atoms with E-state index in [9.17, 15) is 4.79 Å². The molecule has 0 amide bonds.